The van der Waals surface area contributed by atoms with Crippen LogP contribution >= 0.6 is 39.1 Å². The molecule has 0 unspecified atom stereocenters. The normalized spacial score (nSPS) is 10.8. The van der Waals surface area contributed by atoms with Crippen molar-refractivity contribution in [3.05, 3.63) is 97.9 Å². The number of hydrogen-bond donors (Lipinski definition) is 1. The quantitative estimate of drug-likeness (QED) is 0.344. The van der Waals surface area contributed by atoms with Crippen LogP contribution in [0.1, 0.15) is 21.5 Å². The molecule has 3 rings (SSSR count). The van der Waals surface area contributed by atoms with Gasteiger partial charge in [-0.3, -0.25) is 4.79 Å². The summed E-state index contributed by atoms with van der Waals surface area (Å²) in [5.74, 6) is 0.315. The molecule has 0 bridgehead atoms. The SMILES string of the molecule is O=C(N/N=C\c1ccccc1Br)c1ccc(OCc2ccc(Cl)cc2Cl)cc1. The van der Waals surface area contributed by atoms with Crippen LogP contribution in [-0.4, -0.2) is 12.1 Å². The van der Waals surface area contributed by atoms with Gasteiger partial charge < -0.3 is 4.74 Å². The molecular formula is C21H15BrCl2N2O2. The van der Waals surface area contributed by atoms with Crippen LogP contribution in [0.3, 0.4) is 0 Å². The second kappa shape index (κ2) is 9.73. The number of halogens is 3. The van der Waals surface area contributed by atoms with Gasteiger partial charge in [-0.1, -0.05) is 63.4 Å². The van der Waals surface area contributed by atoms with E-state index in [1.807, 2.05) is 30.3 Å². The van der Waals surface area contributed by atoms with E-state index >= 15 is 0 Å². The maximum atomic E-state index is 12.2. The summed E-state index contributed by atoms with van der Waals surface area (Å²) in [7, 11) is 0. The Morgan fingerprint density at radius 2 is 1.82 bits per heavy atom. The minimum absolute atomic E-state index is 0.303. The van der Waals surface area contributed by atoms with E-state index in [0.717, 1.165) is 15.6 Å². The lowest BCUT2D eigenvalue weighted by molar-refractivity contribution is 0.0955. The van der Waals surface area contributed by atoms with Gasteiger partial charge in [-0.2, -0.15) is 5.10 Å². The van der Waals surface area contributed by atoms with Gasteiger partial charge in [-0.25, -0.2) is 5.43 Å². The van der Waals surface area contributed by atoms with Crippen molar-refractivity contribution in [2.24, 2.45) is 5.10 Å². The molecule has 3 aromatic carbocycles. The zero-order valence-corrected chi connectivity index (χ0v) is 17.6. The van der Waals surface area contributed by atoms with Crippen molar-refractivity contribution in [3.8, 4) is 5.75 Å². The molecule has 0 aliphatic rings. The monoisotopic (exact) mass is 476 g/mol. The third-order valence-corrected chi connectivity index (χ3v) is 5.11. The largest absolute Gasteiger partial charge is 0.489 e. The van der Waals surface area contributed by atoms with Crippen molar-refractivity contribution < 1.29 is 9.53 Å². The fourth-order valence-corrected chi connectivity index (χ4v) is 3.16. The third-order valence-electron chi connectivity index (χ3n) is 3.80. The number of hydrazone groups is 1. The fraction of sp³-hybridized carbons (Fsp3) is 0.0476. The average Bonchev–Trinajstić information content (AvgIpc) is 2.69. The summed E-state index contributed by atoms with van der Waals surface area (Å²) in [5, 5.41) is 5.11. The van der Waals surface area contributed by atoms with Gasteiger partial charge in [-0.15, -0.1) is 0 Å². The highest BCUT2D eigenvalue weighted by Gasteiger charge is 2.06. The zero-order valence-electron chi connectivity index (χ0n) is 14.5. The standard InChI is InChI=1S/C21H15BrCl2N2O2/c22-19-4-2-1-3-15(19)12-25-26-21(27)14-6-9-18(10-7-14)28-13-16-5-8-17(23)11-20(16)24/h1-12H,13H2,(H,26,27)/b25-12-. The molecule has 1 amide bonds. The summed E-state index contributed by atoms with van der Waals surface area (Å²) in [5.41, 5.74) is 4.67. The number of ether oxygens (including phenoxy) is 1. The van der Waals surface area contributed by atoms with Crippen molar-refractivity contribution in [2.75, 3.05) is 0 Å². The first-order chi connectivity index (χ1) is 13.5. The lowest BCUT2D eigenvalue weighted by Gasteiger charge is -2.08. The summed E-state index contributed by atoms with van der Waals surface area (Å²) in [6.07, 6.45) is 1.58. The Labute approximate surface area is 181 Å². The third kappa shape index (κ3) is 5.58. The van der Waals surface area contributed by atoms with Crippen LogP contribution in [0.2, 0.25) is 10.0 Å². The first kappa shape index (κ1) is 20.4. The molecule has 0 aliphatic carbocycles. The minimum atomic E-state index is -0.310. The van der Waals surface area contributed by atoms with Gasteiger partial charge in [0.25, 0.3) is 5.91 Å². The molecule has 0 saturated heterocycles. The molecule has 0 atom stereocenters. The van der Waals surface area contributed by atoms with Crippen molar-refractivity contribution in [2.45, 2.75) is 6.61 Å². The molecule has 142 valence electrons. The van der Waals surface area contributed by atoms with Crippen LogP contribution in [0.25, 0.3) is 0 Å². The molecule has 0 aliphatic heterocycles. The molecular weight excluding hydrogens is 463 g/mol. The van der Waals surface area contributed by atoms with Gasteiger partial charge >= 0.3 is 0 Å². The summed E-state index contributed by atoms with van der Waals surface area (Å²) in [6, 6.07) is 19.6. The van der Waals surface area contributed by atoms with E-state index in [2.05, 4.69) is 26.5 Å². The summed E-state index contributed by atoms with van der Waals surface area (Å²) >= 11 is 15.4. The van der Waals surface area contributed by atoms with Crippen LogP contribution in [0.5, 0.6) is 5.75 Å². The Kier molecular flexibility index (Phi) is 7.09. The van der Waals surface area contributed by atoms with Gasteiger partial charge in [0.1, 0.15) is 12.4 Å². The maximum absolute atomic E-state index is 12.2. The number of amides is 1. The van der Waals surface area contributed by atoms with Gasteiger partial charge in [0.2, 0.25) is 0 Å². The number of carbonyl (C=O) groups is 1. The summed E-state index contributed by atoms with van der Waals surface area (Å²) < 4.78 is 6.60. The van der Waals surface area contributed by atoms with Crippen LogP contribution in [-0.2, 0) is 6.61 Å². The van der Waals surface area contributed by atoms with Gasteiger partial charge in [0.05, 0.1) is 6.21 Å². The highest BCUT2D eigenvalue weighted by atomic mass is 79.9. The molecule has 0 aromatic heterocycles. The summed E-state index contributed by atoms with van der Waals surface area (Å²) in [4.78, 5) is 12.2. The van der Waals surface area contributed by atoms with Gasteiger partial charge in [0.15, 0.2) is 0 Å². The van der Waals surface area contributed by atoms with Gasteiger partial charge in [0, 0.05) is 31.2 Å². The molecule has 7 heteroatoms. The van der Waals surface area contributed by atoms with E-state index in [1.165, 1.54) is 0 Å². The molecule has 0 heterocycles. The Morgan fingerprint density at radius 3 is 2.54 bits per heavy atom. The second-order valence-electron chi connectivity index (χ2n) is 5.77. The first-order valence-electron chi connectivity index (χ1n) is 8.27. The van der Waals surface area contributed by atoms with E-state index in [4.69, 9.17) is 27.9 Å². The lowest BCUT2D eigenvalue weighted by atomic mass is 10.2. The predicted octanol–water partition coefficient (Wildman–Crippen LogP) is 6.10. The highest BCUT2D eigenvalue weighted by molar-refractivity contribution is 9.10. The van der Waals surface area contributed by atoms with Crippen LogP contribution < -0.4 is 10.2 Å². The Morgan fingerprint density at radius 1 is 1.07 bits per heavy atom. The average molecular weight is 478 g/mol. The van der Waals surface area contributed by atoms with Crippen LogP contribution in [0, 0.1) is 0 Å². The number of rotatable bonds is 6. The number of carbonyl (C=O) groups excluding carboxylic acids is 1. The predicted molar refractivity (Wildman–Crippen MR) is 116 cm³/mol. The topological polar surface area (TPSA) is 50.7 Å². The number of hydrogen-bond acceptors (Lipinski definition) is 3. The lowest BCUT2D eigenvalue weighted by Crippen LogP contribution is -2.17. The van der Waals surface area contributed by atoms with Crippen LogP contribution in [0.4, 0.5) is 0 Å². The number of nitrogens with one attached hydrogen (secondary N) is 1. The van der Waals surface area contributed by atoms with Crippen molar-refractivity contribution in [3.63, 3.8) is 0 Å². The molecule has 0 saturated carbocycles. The second-order valence-corrected chi connectivity index (χ2v) is 7.47. The smallest absolute Gasteiger partial charge is 0.271 e. The summed E-state index contributed by atoms with van der Waals surface area (Å²) in [6.45, 7) is 0.303. The molecule has 0 radical (unpaired) electrons. The Balaban J connectivity index is 1.56. The van der Waals surface area contributed by atoms with Gasteiger partial charge in [-0.05, 0) is 42.5 Å². The zero-order chi connectivity index (χ0) is 19.9. The number of benzene rings is 3. The minimum Gasteiger partial charge on any atom is -0.489 e. The molecule has 4 nitrogen and oxygen atoms in total. The molecule has 3 aromatic rings. The van der Waals surface area contributed by atoms with Crippen molar-refractivity contribution in [1.29, 1.82) is 0 Å². The molecule has 0 spiro atoms. The van der Waals surface area contributed by atoms with E-state index < -0.39 is 0 Å². The van der Waals surface area contributed by atoms with E-state index in [1.54, 1.807) is 42.6 Å². The Bertz CT molecular complexity index is 1010. The molecule has 28 heavy (non-hydrogen) atoms. The fourth-order valence-electron chi connectivity index (χ4n) is 2.31. The van der Waals surface area contributed by atoms with E-state index in [9.17, 15) is 4.79 Å². The molecule has 1 N–H and O–H groups in total. The number of nitrogens with zero attached hydrogens (tertiary/aromatic N) is 1. The van der Waals surface area contributed by atoms with Crippen molar-refractivity contribution >= 4 is 51.3 Å². The molecule has 0 fully saturated rings. The van der Waals surface area contributed by atoms with E-state index in [0.29, 0.717) is 28.0 Å². The van der Waals surface area contributed by atoms with E-state index in [-0.39, 0.29) is 5.91 Å². The Hall–Kier alpha value is -2.34. The van der Waals surface area contributed by atoms with Crippen molar-refractivity contribution in [1.82, 2.24) is 5.43 Å². The maximum Gasteiger partial charge on any atom is 0.271 e. The first-order valence-corrected chi connectivity index (χ1v) is 9.82. The highest BCUT2D eigenvalue weighted by Crippen LogP contribution is 2.23. The van der Waals surface area contributed by atoms with Crippen LogP contribution in [0.15, 0.2) is 76.3 Å².